The van der Waals surface area contributed by atoms with Gasteiger partial charge in [-0.1, -0.05) is 36.4 Å². The summed E-state index contributed by atoms with van der Waals surface area (Å²) in [5.41, 5.74) is 0.886. The van der Waals surface area contributed by atoms with E-state index in [9.17, 15) is 18.4 Å². The van der Waals surface area contributed by atoms with Crippen LogP contribution in [0.25, 0.3) is 27.8 Å². The van der Waals surface area contributed by atoms with Gasteiger partial charge < -0.3 is 5.32 Å². The summed E-state index contributed by atoms with van der Waals surface area (Å²) in [5.74, 6) is -2.40. The summed E-state index contributed by atoms with van der Waals surface area (Å²) in [6.45, 7) is 0. The van der Waals surface area contributed by atoms with Gasteiger partial charge in [0.25, 0.3) is 11.5 Å². The SMILES string of the molecule is O=C(Nc1cc(-c2cccs2)nn1-c1nc(-c2ccccc2)cc(=O)[nH]1)c1ccc(F)cc1F. The molecule has 1 amide bonds. The average molecular weight is 475 g/mol. The minimum atomic E-state index is -1.00. The lowest BCUT2D eigenvalue weighted by Gasteiger charge is -2.10. The molecule has 0 bridgehead atoms. The summed E-state index contributed by atoms with van der Waals surface area (Å²) in [7, 11) is 0. The molecule has 0 radical (unpaired) electrons. The first-order chi connectivity index (χ1) is 16.5. The minimum absolute atomic E-state index is 0.0593. The minimum Gasteiger partial charge on any atom is -0.306 e. The number of carbonyl (C=O) groups is 1. The first kappa shape index (κ1) is 21.4. The van der Waals surface area contributed by atoms with Crippen LogP contribution in [-0.4, -0.2) is 25.7 Å². The molecule has 0 aliphatic carbocycles. The summed E-state index contributed by atoms with van der Waals surface area (Å²) in [4.78, 5) is 33.1. The lowest BCUT2D eigenvalue weighted by molar-refractivity contribution is 0.102. The van der Waals surface area contributed by atoms with Crippen LogP contribution in [0.5, 0.6) is 0 Å². The molecule has 0 saturated carbocycles. The van der Waals surface area contributed by atoms with Crippen molar-refractivity contribution in [2.45, 2.75) is 0 Å². The van der Waals surface area contributed by atoms with E-state index in [1.807, 2.05) is 47.8 Å². The normalized spacial score (nSPS) is 10.9. The van der Waals surface area contributed by atoms with E-state index < -0.39 is 23.1 Å². The van der Waals surface area contributed by atoms with Crippen molar-refractivity contribution < 1.29 is 13.6 Å². The molecule has 34 heavy (non-hydrogen) atoms. The fraction of sp³-hybridized carbons (Fsp3) is 0. The van der Waals surface area contributed by atoms with Crippen LogP contribution in [-0.2, 0) is 0 Å². The van der Waals surface area contributed by atoms with Gasteiger partial charge in [-0.05, 0) is 23.6 Å². The Morgan fingerprint density at radius 2 is 1.79 bits per heavy atom. The summed E-state index contributed by atoms with van der Waals surface area (Å²) < 4.78 is 28.7. The molecule has 0 saturated heterocycles. The summed E-state index contributed by atoms with van der Waals surface area (Å²) in [6, 6.07) is 18.4. The van der Waals surface area contributed by atoms with Crippen molar-refractivity contribution in [3.63, 3.8) is 0 Å². The van der Waals surface area contributed by atoms with E-state index in [1.54, 1.807) is 6.07 Å². The molecule has 5 aromatic rings. The number of rotatable bonds is 5. The molecule has 0 aliphatic heterocycles. The van der Waals surface area contributed by atoms with Crippen LogP contribution in [0.4, 0.5) is 14.6 Å². The molecule has 168 valence electrons. The first-order valence-corrected chi connectivity index (χ1v) is 10.9. The average Bonchev–Trinajstić information content (AvgIpc) is 3.49. The van der Waals surface area contributed by atoms with Crippen molar-refractivity contribution in [2.24, 2.45) is 0 Å². The molecule has 0 aliphatic rings. The van der Waals surface area contributed by atoms with Crippen molar-refractivity contribution in [1.82, 2.24) is 19.7 Å². The van der Waals surface area contributed by atoms with Crippen LogP contribution in [0.2, 0.25) is 0 Å². The van der Waals surface area contributed by atoms with Crippen molar-refractivity contribution in [2.75, 3.05) is 5.32 Å². The third-order valence-corrected chi connectivity index (χ3v) is 5.79. The zero-order valence-electron chi connectivity index (χ0n) is 17.3. The number of benzene rings is 2. The number of hydrogen-bond acceptors (Lipinski definition) is 5. The van der Waals surface area contributed by atoms with Gasteiger partial charge >= 0.3 is 0 Å². The van der Waals surface area contributed by atoms with Gasteiger partial charge in [-0.25, -0.2) is 13.8 Å². The third-order valence-electron chi connectivity index (χ3n) is 4.90. The zero-order chi connectivity index (χ0) is 23.7. The van der Waals surface area contributed by atoms with Crippen LogP contribution in [0.15, 0.2) is 83.0 Å². The standard InChI is InChI=1S/C24H15F2N5O2S/c25-15-8-9-16(17(26)11-15)23(33)28-21-12-19(20-7-4-10-34-20)30-31(21)24-27-18(13-22(32)29-24)14-5-2-1-3-6-14/h1-13H,(H,28,33)(H,27,29,32). The Bertz CT molecular complexity index is 1550. The summed E-state index contributed by atoms with van der Waals surface area (Å²) in [5, 5.41) is 8.97. The van der Waals surface area contributed by atoms with Gasteiger partial charge in [0.1, 0.15) is 23.1 Å². The maximum absolute atomic E-state index is 14.2. The predicted octanol–water partition coefficient (Wildman–Crippen LogP) is 4.88. The van der Waals surface area contributed by atoms with Crippen molar-refractivity contribution in [3.05, 3.63) is 106 Å². The van der Waals surface area contributed by atoms with Crippen molar-refractivity contribution >= 4 is 23.1 Å². The number of aromatic nitrogens is 4. The highest BCUT2D eigenvalue weighted by Crippen LogP contribution is 2.28. The second kappa shape index (κ2) is 8.83. The van der Waals surface area contributed by atoms with Crippen LogP contribution < -0.4 is 10.9 Å². The van der Waals surface area contributed by atoms with E-state index in [1.165, 1.54) is 22.1 Å². The molecule has 7 nitrogen and oxygen atoms in total. The van der Waals surface area contributed by atoms with E-state index in [4.69, 9.17) is 0 Å². The maximum Gasteiger partial charge on any atom is 0.259 e. The zero-order valence-corrected chi connectivity index (χ0v) is 18.1. The molecule has 0 spiro atoms. The Balaban J connectivity index is 1.60. The van der Waals surface area contributed by atoms with E-state index in [0.29, 0.717) is 17.5 Å². The van der Waals surface area contributed by atoms with E-state index in [2.05, 4.69) is 20.4 Å². The highest BCUT2D eigenvalue weighted by molar-refractivity contribution is 7.13. The van der Waals surface area contributed by atoms with Gasteiger partial charge in [-0.15, -0.1) is 11.3 Å². The van der Waals surface area contributed by atoms with Gasteiger partial charge in [-0.2, -0.15) is 9.78 Å². The Labute approximate surface area is 195 Å². The van der Waals surface area contributed by atoms with E-state index in [0.717, 1.165) is 22.6 Å². The van der Waals surface area contributed by atoms with Gasteiger partial charge in [0.15, 0.2) is 0 Å². The summed E-state index contributed by atoms with van der Waals surface area (Å²) >= 11 is 1.43. The molecular weight excluding hydrogens is 460 g/mol. The van der Waals surface area contributed by atoms with Crippen molar-refractivity contribution in [1.29, 1.82) is 0 Å². The number of hydrogen-bond donors (Lipinski definition) is 2. The Hall–Kier alpha value is -4.44. The predicted molar refractivity (Wildman–Crippen MR) is 125 cm³/mol. The fourth-order valence-corrected chi connectivity index (χ4v) is 4.02. The Kier molecular flexibility index (Phi) is 5.56. The lowest BCUT2D eigenvalue weighted by atomic mass is 10.1. The second-order valence-electron chi connectivity index (χ2n) is 7.20. The van der Waals surface area contributed by atoms with Gasteiger partial charge in [-0.3, -0.25) is 14.6 Å². The number of thiophene rings is 1. The van der Waals surface area contributed by atoms with Crippen LogP contribution in [0.1, 0.15) is 10.4 Å². The number of carbonyl (C=O) groups excluding carboxylic acids is 1. The number of nitrogens with one attached hydrogen (secondary N) is 2. The topological polar surface area (TPSA) is 92.7 Å². The molecule has 0 unspecified atom stereocenters. The largest absolute Gasteiger partial charge is 0.306 e. The fourth-order valence-electron chi connectivity index (χ4n) is 3.34. The molecule has 0 atom stereocenters. The molecule has 2 N–H and O–H groups in total. The van der Waals surface area contributed by atoms with Crippen molar-refractivity contribution in [3.8, 4) is 27.8 Å². The molecule has 3 heterocycles. The van der Waals surface area contributed by atoms with Crippen LogP contribution in [0, 0.1) is 11.6 Å². The monoisotopic (exact) mass is 475 g/mol. The summed E-state index contributed by atoms with van der Waals surface area (Å²) in [6.07, 6.45) is 0. The number of aromatic amines is 1. The molecule has 10 heteroatoms. The van der Waals surface area contributed by atoms with E-state index >= 15 is 0 Å². The molecule has 5 rings (SSSR count). The quantitative estimate of drug-likeness (QED) is 0.379. The number of halogens is 2. The lowest BCUT2D eigenvalue weighted by Crippen LogP contribution is -2.19. The van der Waals surface area contributed by atoms with Gasteiger partial charge in [0, 0.05) is 23.8 Å². The first-order valence-electron chi connectivity index (χ1n) is 10.1. The van der Waals surface area contributed by atoms with Gasteiger partial charge in [0.2, 0.25) is 5.95 Å². The maximum atomic E-state index is 14.2. The third kappa shape index (κ3) is 4.26. The number of H-pyrrole nitrogens is 1. The number of amides is 1. The molecular formula is C24H15F2N5O2S. The number of anilines is 1. The second-order valence-corrected chi connectivity index (χ2v) is 8.15. The van der Waals surface area contributed by atoms with E-state index in [-0.39, 0.29) is 17.3 Å². The number of nitrogens with zero attached hydrogens (tertiary/aromatic N) is 3. The molecule has 0 fully saturated rings. The van der Waals surface area contributed by atoms with Crippen LogP contribution in [0.3, 0.4) is 0 Å². The highest BCUT2D eigenvalue weighted by atomic mass is 32.1. The Morgan fingerprint density at radius 1 is 0.971 bits per heavy atom. The molecule has 3 aromatic heterocycles. The van der Waals surface area contributed by atoms with Crippen LogP contribution >= 0.6 is 11.3 Å². The molecule has 2 aromatic carbocycles. The van der Waals surface area contributed by atoms with Gasteiger partial charge in [0.05, 0.1) is 16.1 Å². The Morgan fingerprint density at radius 3 is 2.53 bits per heavy atom. The smallest absolute Gasteiger partial charge is 0.259 e. The highest BCUT2D eigenvalue weighted by Gasteiger charge is 2.19.